The van der Waals surface area contributed by atoms with Gasteiger partial charge in [-0.25, -0.2) is 4.39 Å². The summed E-state index contributed by atoms with van der Waals surface area (Å²) >= 11 is 0. The number of nitrogens with one attached hydrogen (secondary N) is 1. The van der Waals surface area contributed by atoms with Gasteiger partial charge in [-0.3, -0.25) is 9.59 Å². The number of ether oxygens (including phenoxy) is 1. The van der Waals surface area contributed by atoms with Gasteiger partial charge in [0.15, 0.2) is 0 Å². The predicted octanol–water partition coefficient (Wildman–Crippen LogP) is 0.366. The number of benzene rings is 1. The molecule has 0 unspecified atom stereocenters. The molecule has 0 fully saturated rings. The summed E-state index contributed by atoms with van der Waals surface area (Å²) in [6.45, 7) is 1.92. The molecule has 1 aromatic carbocycles. The maximum absolute atomic E-state index is 12.8. The number of rotatable bonds is 6. The van der Waals surface area contributed by atoms with Crippen molar-refractivity contribution >= 4 is 11.8 Å². The third kappa shape index (κ3) is 4.50. The van der Waals surface area contributed by atoms with Crippen molar-refractivity contribution < 1.29 is 18.7 Å². The highest BCUT2D eigenvalue weighted by atomic mass is 19.1. The number of carbonyl (C=O) groups is 2. The van der Waals surface area contributed by atoms with Crippen LogP contribution >= 0.6 is 0 Å². The average Bonchev–Trinajstić information content (AvgIpc) is 2.27. The summed E-state index contributed by atoms with van der Waals surface area (Å²) in [5.41, 5.74) is 5.84. The normalized spacial score (nSPS) is 10.1. The molecule has 0 heterocycles. The number of nitrogens with two attached hydrogens (primary N) is 1. The van der Waals surface area contributed by atoms with E-state index in [0.717, 1.165) is 0 Å². The number of hydrogen-bond acceptors (Lipinski definition) is 3. The van der Waals surface area contributed by atoms with E-state index in [-0.39, 0.29) is 31.5 Å². The molecule has 0 aromatic heterocycles. The van der Waals surface area contributed by atoms with Gasteiger partial charge in [0.2, 0.25) is 5.91 Å². The molecule has 1 rings (SSSR count). The second-order valence-electron chi connectivity index (χ2n) is 3.73. The highest BCUT2D eigenvalue weighted by molar-refractivity contribution is 5.95. The summed E-state index contributed by atoms with van der Waals surface area (Å²) in [5, 5.41) is 2.59. The Balaban J connectivity index is 2.39. The van der Waals surface area contributed by atoms with Crippen LogP contribution in [0.3, 0.4) is 0 Å². The maximum Gasteiger partial charge on any atom is 0.251 e. The van der Waals surface area contributed by atoms with Gasteiger partial charge in [0.1, 0.15) is 12.4 Å². The van der Waals surface area contributed by atoms with Crippen molar-refractivity contribution in [3.8, 4) is 0 Å². The van der Waals surface area contributed by atoms with Crippen molar-refractivity contribution in [3.05, 3.63) is 35.1 Å². The minimum Gasteiger partial charge on any atom is -0.370 e. The molecule has 0 bridgehead atoms. The predicted molar refractivity (Wildman–Crippen MR) is 63.5 cm³/mol. The first-order chi connectivity index (χ1) is 8.50. The minimum atomic E-state index is -0.560. The van der Waals surface area contributed by atoms with Crippen LogP contribution in [-0.4, -0.2) is 31.6 Å². The fourth-order valence-electron chi connectivity index (χ4n) is 1.39. The Labute approximate surface area is 104 Å². The van der Waals surface area contributed by atoms with Gasteiger partial charge < -0.3 is 15.8 Å². The summed E-state index contributed by atoms with van der Waals surface area (Å²) in [6, 6.07) is 3.94. The fourth-order valence-corrected chi connectivity index (χ4v) is 1.39. The summed E-state index contributed by atoms with van der Waals surface area (Å²) in [7, 11) is 0. The lowest BCUT2D eigenvalue weighted by molar-refractivity contribution is -0.122. The van der Waals surface area contributed by atoms with Gasteiger partial charge in [-0.2, -0.15) is 0 Å². The van der Waals surface area contributed by atoms with Crippen LogP contribution < -0.4 is 11.1 Å². The lowest BCUT2D eigenvalue weighted by atomic mass is 10.1. The molecule has 5 nitrogen and oxygen atoms in total. The van der Waals surface area contributed by atoms with E-state index in [9.17, 15) is 14.0 Å². The molecule has 0 saturated heterocycles. The molecule has 0 aliphatic carbocycles. The lowest BCUT2D eigenvalue weighted by Crippen LogP contribution is -2.29. The molecule has 0 atom stereocenters. The van der Waals surface area contributed by atoms with Crippen LogP contribution in [0.4, 0.5) is 4.39 Å². The van der Waals surface area contributed by atoms with Crippen molar-refractivity contribution in [1.29, 1.82) is 0 Å². The summed E-state index contributed by atoms with van der Waals surface area (Å²) in [4.78, 5) is 22.1. The smallest absolute Gasteiger partial charge is 0.251 e. The number of amides is 2. The van der Waals surface area contributed by atoms with Gasteiger partial charge in [-0.15, -0.1) is 0 Å². The van der Waals surface area contributed by atoms with Gasteiger partial charge in [0.25, 0.3) is 5.91 Å². The monoisotopic (exact) mass is 254 g/mol. The quantitative estimate of drug-likeness (QED) is 0.719. The van der Waals surface area contributed by atoms with E-state index >= 15 is 0 Å². The Morgan fingerprint density at radius 1 is 1.44 bits per heavy atom. The van der Waals surface area contributed by atoms with Crippen LogP contribution in [0, 0.1) is 12.7 Å². The number of primary amides is 1. The SMILES string of the molecule is Cc1cc(F)ccc1C(=O)NCCOCC(N)=O. The van der Waals surface area contributed by atoms with E-state index in [2.05, 4.69) is 5.32 Å². The Morgan fingerprint density at radius 2 is 2.17 bits per heavy atom. The zero-order valence-electron chi connectivity index (χ0n) is 10.0. The molecule has 6 heteroatoms. The van der Waals surface area contributed by atoms with Crippen LogP contribution in [0.1, 0.15) is 15.9 Å². The van der Waals surface area contributed by atoms with E-state index in [4.69, 9.17) is 10.5 Å². The third-order valence-corrected chi connectivity index (χ3v) is 2.21. The van der Waals surface area contributed by atoms with Crippen LogP contribution in [0.25, 0.3) is 0 Å². The average molecular weight is 254 g/mol. The Kier molecular flexibility index (Phi) is 5.26. The highest BCUT2D eigenvalue weighted by Crippen LogP contribution is 2.09. The molecule has 0 spiro atoms. The van der Waals surface area contributed by atoms with E-state index in [0.29, 0.717) is 11.1 Å². The van der Waals surface area contributed by atoms with E-state index in [1.165, 1.54) is 18.2 Å². The molecule has 18 heavy (non-hydrogen) atoms. The second kappa shape index (κ2) is 6.70. The molecular weight excluding hydrogens is 239 g/mol. The first kappa shape index (κ1) is 14.1. The molecule has 2 amide bonds. The minimum absolute atomic E-state index is 0.175. The van der Waals surface area contributed by atoms with Gasteiger partial charge in [-0.05, 0) is 30.7 Å². The zero-order valence-corrected chi connectivity index (χ0v) is 10.0. The molecule has 0 aliphatic rings. The molecule has 0 radical (unpaired) electrons. The van der Waals surface area contributed by atoms with Gasteiger partial charge in [0.05, 0.1) is 6.61 Å². The number of aryl methyl sites for hydroxylation is 1. The van der Waals surface area contributed by atoms with Crippen molar-refractivity contribution in [2.75, 3.05) is 19.8 Å². The molecule has 3 N–H and O–H groups in total. The van der Waals surface area contributed by atoms with Gasteiger partial charge >= 0.3 is 0 Å². The lowest BCUT2D eigenvalue weighted by Gasteiger charge is -2.07. The molecular formula is C12H15FN2O3. The largest absolute Gasteiger partial charge is 0.370 e. The molecule has 0 saturated carbocycles. The van der Waals surface area contributed by atoms with Crippen molar-refractivity contribution in [1.82, 2.24) is 5.32 Å². The zero-order chi connectivity index (χ0) is 13.5. The van der Waals surface area contributed by atoms with Crippen LogP contribution in [0.15, 0.2) is 18.2 Å². The highest BCUT2D eigenvalue weighted by Gasteiger charge is 2.08. The van der Waals surface area contributed by atoms with Gasteiger partial charge in [0, 0.05) is 12.1 Å². The number of carbonyl (C=O) groups excluding carboxylic acids is 2. The fraction of sp³-hybridized carbons (Fsp3) is 0.333. The van der Waals surface area contributed by atoms with Crippen LogP contribution in [0.2, 0.25) is 0 Å². The first-order valence-electron chi connectivity index (χ1n) is 5.41. The molecule has 1 aromatic rings. The van der Waals surface area contributed by atoms with Crippen molar-refractivity contribution in [2.24, 2.45) is 5.73 Å². The Bertz CT molecular complexity index is 449. The number of hydrogen-bond donors (Lipinski definition) is 2. The molecule has 98 valence electrons. The third-order valence-electron chi connectivity index (χ3n) is 2.21. The van der Waals surface area contributed by atoms with E-state index in [1.54, 1.807) is 6.92 Å². The molecule has 0 aliphatic heterocycles. The summed E-state index contributed by atoms with van der Waals surface area (Å²) in [5.74, 6) is -1.25. The van der Waals surface area contributed by atoms with Crippen molar-refractivity contribution in [2.45, 2.75) is 6.92 Å². The Morgan fingerprint density at radius 3 is 2.78 bits per heavy atom. The van der Waals surface area contributed by atoms with Crippen molar-refractivity contribution in [3.63, 3.8) is 0 Å². The first-order valence-corrected chi connectivity index (χ1v) is 5.41. The number of halogens is 1. The standard InChI is InChI=1S/C12H15FN2O3/c1-8-6-9(13)2-3-10(8)12(17)15-4-5-18-7-11(14)16/h2-3,6H,4-5,7H2,1H3,(H2,14,16)(H,15,17). The topological polar surface area (TPSA) is 81.4 Å². The van der Waals surface area contributed by atoms with Crippen LogP contribution in [-0.2, 0) is 9.53 Å². The second-order valence-corrected chi connectivity index (χ2v) is 3.73. The Hall–Kier alpha value is -1.95. The van der Waals surface area contributed by atoms with Gasteiger partial charge in [-0.1, -0.05) is 0 Å². The van der Waals surface area contributed by atoms with Crippen LogP contribution in [0.5, 0.6) is 0 Å². The maximum atomic E-state index is 12.8. The van der Waals surface area contributed by atoms with E-state index < -0.39 is 5.91 Å². The summed E-state index contributed by atoms with van der Waals surface area (Å²) < 4.78 is 17.7. The van der Waals surface area contributed by atoms with E-state index in [1.807, 2.05) is 0 Å². The summed E-state index contributed by atoms with van der Waals surface area (Å²) in [6.07, 6.45) is 0.